The molecule has 0 radical (unpaired) electrons. The molecule has 2 unspecified atom stereocenters. The number of halogens is 3. The van der Waals surface area contributed by atoms with Crippen molar-refractivity contribution in [3.8, 4) is 0 Å². The van der Waals surface area contributed by atoms with E-state index in [1.54, 1.807) is 13.8 Å². The molecular formula is C16H21F3N2O3. The van der Waals surface area contributed by atoms with Gasteiger partial charge in [-0.1, -0.05) is 13.0 Å². The van der Waals surface area contributed by atoms with E-state index in [4.69, 9.17) is 0 Å². The van der Waals surface area contributed by atoms with Gasteiger partial charge in [0.2, 0.25) is 0 Å². The normalized spacial score (nSPS) is 14.0. The summed E-state index contributed by atoms with van der Waals surface area (Å²) in [6.07, 6.45) is -4.61. The second kappa shape index (κ2) is 8.14. The van der Waals surface area contributed by atoms with E-state index < -0.39 is 29.7 Å². The number of carbonyl (C=O) groups excluding carboxylic acids is 2. The molecule has 0 saturated carbocycles. The number of aliphatic hydroxyl groups excluding tert-OH is 1. The van der Waals surface area contributed by atoms with Crippen molar-refractivity contribution in [3.63, 3.8) is 0 Å². The molecule has 24 heavy (non-hydrogen) atoms. The molecule has 1 rings (SSSR count). The van der Waals surface area contributed by atoms with Crippen LogP contribution in [0.5, 0.6) is 0 Å². The Balaban J connectivity index is 2.69. The van der Waals surface area contributed by atoms with Crippen molar-refractivity contribution >= 4 is 17.5 Å². The van der Waals surface area contributed by atoms with E-state index >= 15 is 0 Å². The molecule has 134 valence electrons. The van der Waals surface area contributed by atoms with Gasteiger partial charge < -0.3 is 15.7 Å². The number of hydrogen-bond acceptors (Lipinski definition) is 3. The fourth-order valence-corrected chi connectivity index (χ4v) is 2.12. The second-order valence-corrected chi connectivity index (χ2v) is 5.88. The van der Waals surface area contributed by atoms with E-state index in [2.05, 4.69) is 10.6 Å². The number of aryl methyl sites for hydroxylation is 1. The Hall–Kier alpha value is -2.09. The molecule has 3 N–H and O–H groups in total. The molecular weight excluding hydrogens is 325 g/mol. The molecule has 8 heteroatoms. The Morgan fingerprint density at radius 2 is 1.83 bits per heavy atom. The van der Waals surface area contributed by atoms with Crippen LogP contribution in [-0.4, -0.2) is 29.6 Å². The van der Waals surface area contributed by atoms with Crippen molar-refractivity contribution in [1.29, 1.82) is 0 Å². The van der Waals surface area contributed by atoms with Crippen molar-refractivity contribution in [2.75, 3.05) is 11.9 Å². The van der Waals surface area contributed by atoms with Crippen LogP contribution in [0.1, 0.15) is 31.4 Å². The molecule has 0 aliphatic heterocycles. The number of amides is 2. The third kappa shape index (κ3) is 6.19. The number of anilines is 1. The van der Waals surface area contributed by atoms with Gasteiger partial charge in [0.25, 0.3) is 0 Å². The molecule has 0 spiro atoms. The Labute approximate surface area is 138 Å². The average Bonchev–Trinajstić information content (AvgIpc) is 2.45. The van der Waals surface area contributed by atoms with Crippen LogP contribution in [-0.2, 0) is 15.8 Å². The Kier molecular flexibility index (Phi) is 6.77. The number of benzene rings is 1. The summed E-state index contributed by atoms with van der Waals surface area (Å²) in [4.78, 5) is 23.5. The molecule has 1 aromatic carbocycles. The van der Waals surface area contributed by atoms with Crippen molar-refractivity contribution in [1.82, 2.24) is 5.32 Å². The Bertz CT molecular complexity index is 601. The molecule has 1 aromatic rings. The lowest BCUT2D eigenvalue weighted by atomic mass is 10.0. The van der Waals surface area contributed by atoms with Gasteiger partial charge in [0.1, 0.15) is 0 Å². The summed E-state index contributed by atoms with van der Waals surface area (Å²) in [6, 6.07) is 2.92. The number of carbonyl (C=O) groups is 2. The monoisotopic (exact) mass is 346 g/mol. The lowest BCUT2D eigenvalue weighted by molar-refractivity contribution is -0.137. The minimum atomic E-state index is -4.54. The molecule has 0 aromatic heterocycles. The predicted octanol–water partition coefficient (Wildman–Crippen LogP) is 2.48. The van der Waals surface area contributed by atoms with Crippen LogP contribution in [0.3, 0.4) is 0 Å². The molecule has 0 saturated heterocycles. The van der Waals surface area contributed by atoms with E-state index in [0.29, 0.717) is 12.0 Å². The average molecular weight is 346 g/mol. The fourth-order valence-electron chi connectivity index (χ4n) is 2.12. The molecule has 0 aliphatic carbocycles. The summed E-state index contributed by atoms with van der Waals surface area (Å²) in [5.41, 5.74) is -0.567. The first-order chi connectivity index (χ1) is 11.0. The maximum Gasteiger partial charge on any atom is 0.416 e. The minimum Gasteiger partial charge on any atom is -0.393 e. The van der Waals surface area contributed by atoms with Crippen LogP contribution in [0, 0.1) is 12.8 Å². The van der Waals surface area contributed by atoms with E-state index in [1.807, 2.05) is 0 Å². The predicted molar refractivity (Wildman–Crippen MR) is 83.3 cm³/mol. The lowest BCUT2D eigenvalue weighted by Gasteiger charge is -2.15. The molecule has 2 atom stereocenters. The summed E-state index contributed by atoms with van der Waals surface area (Å²) in [5, 5.41) is 13.8. The van der Waals surface area contributed by atoms with Gasteiger partial charge in [0, 0.05) is 12.2 Å². The first kappa shape index (κ1) is 20.0. The van der Waals surface area contributed by atoms with Crippen LogP contribution >= 0.6 is 0 Å². The highest BCUT2D eigenvalue weighted by molar-refractivity contribution is 6.39. The molecule has 0 bridgehead atoms. The zero-order valence-electron chi connectivity index (χ0n) is 13.7. The van der Waals surface area contributed by atoms with Crippen LogP contribution in [0.4, 0.5) is 18.9 Å². The van der Waals surface area contributed by atoms with E-state index in [1.165, 1.54) is 13.0 Å². The zero-order chi connectivity index (χ0) is 18.5. The maximum absolute atomic E-state index is 12.7. The van der Waals surface area contributed by atoms with E-state index in [-0.39, 0.29) is 18.2 Å². The zero-order valence-corrected chi connectivity index (χ0v) is 13.7. The molecule has 5 nitrogen and oxygen atoms in total. The van der Waals surface area contributed by atoms with Crippen molar-refractivity contribution in [2.45, 2.75) is 39.5 Å². The number of hydrogen-bond donors (Lipinski definition) is 3. The Morgan fingerprint density at radius 3 is 2.38 bits per heavy atom. The summed E-state index contributed by atoms with van der Waals surface area (Å²) < 4.78 is 38.1. The summed E-state index contributed by atoms with van der Waals surface area (Å²) in [7, 11) is 0. The summed E-state index contributed by atoms with van der Waals surface area (Å²) in [5.74, 6) is -2.03. The van der Waals surface area contributed by atoms with Crippen LogP contribution in [0.25, 0.3) is 0 Å². The topological polar surface area (TPSA) is 78.4 Å². The lowest BCUT2D eigenvalue weighted by Crippen LogP contribution is -2.38. The maximum atomic E-state index is 12.7. The van der Waals surface area contributed by atoms with Gasteiger partial charge in [-0.2, -0.15) is 13.2 Å². The highest BCUT2D eigenvalue weighted by Crippen LogP contribution is 2.31. The molecule has 0 heterocycles. The molecule has 2 amide bonds. The quantitative estimate of drug-likeness (QED) is 0.717. The smallest absolute Gasteiger partial charge is 0.393 e. The van der Waals surface area contributed by atoms with E-state index in [0.717, 1.165) is 12.1 Å². The van der Waals surface area contributed by atoms with Crippen LogP contribution in [0.15, 0.2) is 18.2 Å². The van der Waals surface area contributed by atoms with Gasteiger partial charge in [-0.15, -0.1) is 0 Å². The summed E-state index contributed by atoms with van der Waals surface area (Å²) in [6.45, 7) is 5.11. The molecule has 0 fully saturated rings. The number of alkyl halides is 3. The van der Waals surface area contributed by atoms with Gasteiger partial charge in [-0.25, -0.2) is 0 Å². The standard InChI is InChI=1S/C16H21F3N2O3/c1-9(6-11(3)22)8-20-14(23)15(24)21-13-7-12(16(17,18)19)5-4-10(13)2/h4-5,7,9,11,22H,6,8H2,1-3H3,(H,20,23)(H,21,24). The van der Waals surface area contributed by atoms with E-state index in [9.17, 15) is 27.9 Å². The third-order valence-corrected chi connectivity index (χ3v) is 3.37. The highest BCUT2D eigenvalue weighted by atomic mass is 19.4. The SMILES string of the molecule is Cc1ccc(C(F)(F)F)cc1NC(=O)C(=O)NCC(C)CC(C)O. The van der Waals surface area contributed by atoms with Crippen LogP contribution < -0.4 is 10.6 Å². The second-order valence-electron chi connectivity index (χ2n) is 5.88. The van der Waals surface area contributed by atoms with Gasteiger partial charge in [0.15, 0.2) is 0 Å². The van der Waals surface area contributed by atoms with Gasteiger partial charge in [-0.05, 0) is 43.9 Å². The molecule has 0 aliphatic rings. The first-order valence-corrected chi connectivity index (χ1v) is 7.45. The van der Waals surface area contributed by atoms with Crippen molar-refractivity contribution in [2.24, 2.45) is 5.92 Å². The highest BCUT2D eigenvalue weighted by Gasteiger charge is 2.31. The minimum absolute atomic E-state index is 0.0444. The summed E-state index contributed by atoms with van der Waals surface area (Å²) >= 11 is 0. The number of nitrogens with one attached hydrogen (secondary N) is 2. The Morgan fingerprint density at radius 1 is 1.21 bits per heavy atom. The third-order valence-electron chi connectivity index (χ3n) is 3.37. The fraction of sp³-hybridized carbons (Fsp3) is 0.500. The largest absolute Gasteiger partial charge is 0.416 e. The van der Waals surface area contributed by atoms with Gasteiger partial charge in [-0.3, -0.25) is 9.59 Å². The van der Waals surface area contributed by atoms with Gasteiger partial charge in [0.05, 0.1) is 11.7 Å². The van der Waals surface area contributed by atoms with Gasteiger partial charge >= 0.3 is 18.0 Å². The van der Waals surface area contributed by atoms with Crippen molar-refractivity contribution < 1.29 is 27.9 Å². The van der Waals surface area contributed by atoms with Crippen LogP contribution in [0.2, 0.25) is 0 Å². The first-order valence-electron chi connectivity index (χ1n) is 7.45. The number of rotatable bonds is 5. The number of aliphatic hydroxyl groups is 1. The van der Waals surface area contributed by atoms with Crippen molar-refractivity contribution in [3.05, 3.63) is 29.3 Å².